The fourth-order valence-electron chi connectivity index (χ4n) is 11.1. The number of rotatable bonds is 33. The standard InChI is InChI=1S/C58H80Cl2F2N10O12S2/c59-39-31-49-47(51(61)33-39)35-53(71-21-3-5-41(63)37-71)55(49)83-43-7-11-45(12-8-43)85(75,76)69-19-25-81-29-27-79-23-17-67-57(73)65-15-1-2-16-66-58(74)68-18-24-80-28-30-82-26-20-70-86(77,78)46-13-9-44(10-14-46)84-56-50-32-40(60)34-52(62)48(50)36-54(56)72-22-4-6-42(64)38-72/h7-14,31-34,41-42,53-56,69-70H,1-6,15-30,35-38,63-64H2,(H2,65,67,73)(H2,66,68,74)/t41-,42-,53+,54+,55+,56+/m1/s1. The van der Waals surface area contributed by atoms with E-state index in [4.69, 9.17) is 63.1 Å². The molecule has 0 unspecified atom stereocenters. The molecule has 4 aliphatic rings. The third-order valence-corrected chi connectivity index (χ3v) is 18.7. The number of hydrogen-bond acceptors (Lipinski definition) is 16. The first-order valence-corrected chi connectivity index (χ1v) is 33.0. The number of unbranched alkanes of at least 4 members (excludes halogenated alkanes) is 1. The van der Waals surface area contributed by atoms with Gasteiger partial charge in [0, 0.05) is 85.6 Å². The number of piperidine rings is 2. The zero-order valence-electron chi connectivity index (χ0n) is 48.1. The van der Waals surface area contributed by atoms with E-state index >= 15 is 8.78 Å². The lowest BCUT2D eigenvalue weighted by molar-refractivity contribution is 0.0516. The van der Waals surface area contributed by atoms with Crippen LogP contribution >= 0.6 is 23.2 Å². The molecule has 4 aromatic carbocycles. The highest BCUT2D eigenvalue weighted by Gasteiger charge is 2.43. The van der Waals surface area contributed by atoms with Crippen molar-refractivity contribution in [3.05, 3.63) is 117 Å². The van der Waals surface area contributed by atoms with Gasteiger partial charge < -0.3 is 61.2 Å². The number of benzene rings is 4. The van der Waals surface area contributed by atoms with Crippen molar-refractivity contribution in [1.29, 1.82) is 0 Å². The number of carbonyl (C=O) groups is 2. The normalized spacial score (nSPS) is 20.7. The second-order valence-corrected chi connectivity index (χ2v) is 26.0. The fourth-order valence-corrected chi connectivity index (χ4v) is 13.5. The van der Waals surface area contributed by atoms with Gasteiger partial charge in [0.2, 0.25) is 20.0 Å². The number of fused-ring (bicyclic) bond motifs is 2. The Morgan fingerprint density at radius 2 is 0.884 bits per heavy atom. The molecule has 2 aliphatic carbocycles. The molecule has 86 heavy (non-hydrogen) atoms. The molecule has 0 radical (unpaired) electrons. The van der Waals surface area contributed by atoms with Crippen molar-refractivity contribution in [1.82, 2.24) is 40.5 Å². The lowest BCUT2D eigenvalue weighted by Gasteiger charge is -2.38. The summed E-state index contributed by atoms with van der Waals surface area (Å²) in [6.45, 7) is 5.98. The number of nitrogens with two attached hydrogens (primary N) is 2. The van der Waals surface area contributed by atoms with E-state index in [0.717, 1.165) is 38.8 Å². The maximum absolute atomic E-state index is 15.0. The van der Waals surface area contributed by atoms with Crippen LogP contribution in [0.4, 0.5) is 18.4 Å². The molecule has 8 rings (SSSR count). The molecule has 0 saturated carbocycles. The lowest BCUT2D eigenvalue weighted by Crippen LogP contribution is -2.49. The average Bonchev–Trinajstić information content (AvgIpc) is 2.22. The Hall–Kier alpha value is -5.04. The highest BCUT2D eigenvalue weighted by molar-refractivity contribution is 7.89. The van der Waals surface area contributed by atoms with E-state index in [-0.39, 0.29) is 147 Å². The van der Waals surface area contributed by atoms with Gasteiger partial charge in [-0.25, -0.2) is 44.6 Å². The monoisotopic (exact) mass is 1280 g/mol. The molecule has 474 valence electrons. The molecule has 2 saturated heterocycles. The number of nitrogens with one attached hydrogen (secondary N) is 6. The van der Waals surface area contributed by atoms with Gasteiger partial charge in [0.15, 0.2) is 0 Å². The molecule has 10 N–H and O–H groups in total. The summed E-state index contributed by atoms with van der Waals surface area (Å²) in [5, 5.41) is 11.5. The van der Waals surface area contributed by atoms with Crippen LogP contribution in [0.2, 0.25) is 10.0 Å². The first-order valence-electron chi connectivity index (χ1n) is 29.3. The largest absolute Gasteiger partial charge is 0.484 e. The van der Waals surface area contributed by atoms with Crippen molar-refractivity contribution in [2.75, 3.05) is 118 Å². The second-order valence-electron chi connectivity index (χ2n) is 21.6. The first-order chi connectivity index (χ1) is 41.4. The van der Waals surface area contributed by atoms with Gasteiger partial charge in [0.25, 0.3) is 0 Å². The van der Waals surface area contributed by atoms with Crippen molar-refractivity contribution >= 4 is 55.3 Å². The van der Waals surface area contributed by atoms with Crippen molar-refractivity contribution in [2.45, 2.75) is 97.5 Å². The molecule has 0 aromatic heterocycles. The summed E-state index contributed by atoms with van der Waals surface area (Å²) in [7, 11) is -7.70. The topological polar surface area (TPSA) is 288 Å². The number of sulfonamides is 2. The van der Waals surface area contributed by atoms with Gasteiger partial charge >= 0.3 is 12.1 Å². The summed E-state index contributed by atoms with van der Waals surface area (Å²) < 4.78 is 122. The van der Waals surface area contributed by atoms with Crippen molar-refractivity contribution in [3.63, 3.8) is 0 Å². The third kappa shape index (κ3) is 19.7. The first kappa shape index (κ1) is 66.9. The Labute approximate surface area is 512 Å². The van der Waals surface area contributed by atoms with E-state index in [1.807, 2.05) is 0 Å². The van der Waals surface area contributed by atoms with Crippen LogP contribution in [0.5, 0.6) is 11.5 Å². The molecular formula is C58H80Cl2F2N10O12S2. The second kappa shape index (κ2) is 33.0. The van der Waals surface area contributed by atoms with Crippen LogP contribution in [0.15, 0.2) is 82.6 Å². The minimum absolute atomic E-state index is 0.0214. The molecule has 4 aromatic rings. The Morgan fingerprint density at radius 3 is 1.26 bits per heavy atom. The van der Waals surface area contributed by atoms with Gasteiger partial charge in [-0.15, -0.1) is 0 Å². The number of carbonyl (C=O) groups excluding carboxylic acids is 2. The molecular weight excluding hydrogens is 1200 g/mol. The molecule has 6 atom stereocenters. The summed E-state index contributed by atoms with van der Waals surface area (Å²) in [5.74, 6) is 0.123. The Kier molecular flexibility index (Phi) is 25.7. The van der Waals surface area contributed by atoms with E-state index < -0.39 is 32.3 Å². The van der Waals surface area contributed by atoms with E-state index in [1.54, 1.807) is 36.4 Å². The van der Waals surface area contributed by atoms with Gasteiger partial charge in [-0.1, -0.05) is 23.2 Å². The van der Waals surface area contributed by atoms with Crippen LogP contribution in [0.25, 0.3) is 0 Å². The summed E-state index contributed by atoms with van der Waals surface area (Å²) >= 11 is 12.5. The van der Waals surface area contributed by atoms with Crippen LogP contribution in [0.3, 0.4) is 0 Å². The van der Waals surface area contributed by atoms with Crippen LogP contribution in [-0.4, -0.2) is 181 Å². The quantitative estimate of drug-likeness (QED) is 0.0294. The Bertz CT molecular complexity index is 2870. The molecule has 0 spiro atoms. The average molecular weight is 1280 g/mol. The van der Waals surface area contributed by atoms with Crippen LogP contribution in [0, 0.1) is 11.6 Å². The minimum atomic E-state index is -3.85. The van der Waals surface area contributed by atoms with Gasteiger partial charge in [-0.05, 0) is 148 Å². The predicted molar refractivity (Wildman–Crippen MR) is 321 cm³/mol. The summed E-state index contributed by atoms with van der Waals surface area (Å²) in [6.07, 6.45) is 4.85. The van der Waals surface area contributed by atoms with Gasteiger partial charge in [-0.3, -0.25) is 9.80 Å². The van der Waals surface area contributed by atoms with Crippen molar-refractivity contribution in [2.24, 2.45) is 11.5 Å². The third-order valence-electron chi connectivity index (χ3n) is 15.3. The maximum Gasteiger partial charge on any atom is 0.314 e. The number of amides is 4. The molecule has 22 nitrogen and oxygen atoms in total. The van der Waals surface area contributed by atoms with Crippen LogP contribution < -0.4 is 51.7 Å². The van der Waals surface area contributed by atoms with Crippen LogP contribution in [0.1, 0.15) is 73.0 Å². The van der Waals surface area contributed by atoms with Crippen LogP contribution in [-0.2, 0) is 51.8 Å². The van der Waals surface area contributed by atoms with Gasteiger partial charge in [0.1, 0.15) is 35.3 Å². The highest BCUT2D eigenvalue weighted by Crippen LogP contribution is 2.43. The fraction of sp³-hybridized carbons (Fsp3) is 0.552. The SMILES string of the molecule is N[C@@H]1CCCN([C@H]2Cc3c(F)cc(Cl)cc3[C@@H]2Oc2ccc(S(=O)(=O)NCCOCCOCCNC(=O)NCCCCNC(=O)NCCOCCOCCNS(=O)(=O)c3ccc(O[C@H]4c5cc(Cl)cc(F)c5C[C@@H]4N4CCC[C@@H](N)C4)cc3)cc2)C1. The highest BCUT2D eigenvalue weighted by atomic mass is 35.5. The molecule has 28 heteroatoms. The zero-order valence-corrected chi connectivity index (χ0v) is 51.2. The van der Waals surface area contributed by atoms with E-state index in [2.05, 4.69) is 40.5 Å². The Morgan fingerprint density at radius 1 is 0.523 bits per heavy atom. The number of nitrogens with zero attached hydrogens (tertiary/aromatic N) is 2. The van der Waals surface area contributed by atoms with Gasteiger partial charge in [0.05, 0.1) is 74.7 Å². The van der Waals surface area contributed by atoms with E-state index in [0.29, 0.717) is 85.6 Å². The minimum Gasteiger partial charge on any atom is -0.484 e. The molecule has 2 heterocycles. The molecule has 2 aliphatic heterocycles. The summed E-state index contributed by atoms with van der Waals surface area (Å²) in [4.78, 5) is 28.9. The van der Waals surface area contributed by atoms with E-state index in [9.17, 15) is 26.4 Å². The lowest BCUT2D eigenvalue weighted by atomic mass is 10.0. The zero-order chi connectivity index (χ0) is 61.1. The van der Waals surface area contributed by atoms with Crippen molar-refractivity contribution < 1.29 is 63.6 Å². The van der Waals surface area contributed by atoms with Gasteiger partial charge in [-0.2, -0.15) is 0 Å². The summed E-state index contributed by atoms with van der Waals surface area (Å²) in [6, 6.07) is 17.3. The number of hydrogen-bond donors (Lipinski definition) is 8. The van der Waals surface area contributed by atoms with E-state index in [1.165, 1.54) is 36.4 Å². The Balaban J connectivity index is 0.581. The predicted octanol–water partition coefficient (Wildman–Crippen LogP) is 4.91. The smallest absolute Gasteiger partial charge is 0.314 e. The number of halogens is 4. The summed E-state index contributed by atoms with van der Waals surface area (Å²) in [5.41, 5.74) is 15.0. The maximum atomic E-state index is 15.0. The molecule has 4 amide bonds. The van der Waals surface area contributed by atoms with Crippen molar-refractivity contribution in [3.8, 4) is 11.5 Å². The molecule has 2 fully saturated rings. The number of ether oxygens (including phenoxy) is 6. The number of urea groups is 2. The molecule has 0 bridgehead atoms. The number of likely N-dealkylation sites (tertiary alicyclic amines) is 2.